The molecule has 94 valence electrons. The predicted octanol–water partition coefficient (Wildman–Crippen LogP) is 3.03. The fourth-order valence-corrected chi connectivity index (χ4v) is 1.70. The van der Waals surface area contributed by atoms with E-state index in [0.717, 1.165) is 15.9 Å². The topological polar surface area (TPSA) is 59.1 Å². The third-order valence-corrected chi connectivity index (χ3v) is 2.88. The van der Waals surface area contributed by atoms with Crippen LogP contribution in [-0.2, 0) is 0 Å². The number of ether oxygens (including phenoxy) is 1. The minimum atomic E-state index is 0.559. The van der Waals surface area contributed by atoms with Crippen LogP contribution < -0.4 is 15.4 Å². The average molecular weight is 309 g/mol. The van der Waals surface area contributed by atoms with Gasteiger partial charge in [0.1, 0.15) is 11.6 Å². The van der Waals surface area contributed by atoms with Crippen LogP contribution in [0.4, 0.5) is 17.5 Å². The van der Waals surface area contributed by atoms with Crippen LogP contribution in [0, 0.1) is 0 Å². The molecule has 1 heterocycles. The molecule has 1 aromatic carbocycles. The van der Waals surface area contributed by atoms with Crippen LogP contribution in [0.15, 0.2) is 34.9 Å². The summed E-state index contributed by atoms with van der Waals surface area (Å²) in [5, 5.41) is 6.10. The lowest BCUT2D eigenvalue weighted by molar-refractivity contribution is 0.415. The molecule has 0 unspecified atom stereocenters. The highest BCUT2D eigenvalue weighted by molar-refractivity contribution is 9.10. The summed E-state index contributed by atoms with van der Waals surface area (Å²) in [4.78, 5) is 8.42. The van der Waals surface area contributed by atoms with Gasteiger partial charge in [-0.15, -0.1) is 0 Å². The second kappa shape index (κ2) is 5.68. The molecule has 2 aromatic rings. The van der Waals surface area contributed by atoms with Gasteiger partial charge in [-0.3, -0.25) is 0 Å². The van der Waals surface area contributed by atoms with Crippen molar-refractivity contribution in [2.45, 2.75) is 0 Å². The van der Waals surface area contributed by atoms with Gasteiger partial charge in [-0.2, -0.15) is 4.98 Å². The summed E-state index contributed by atoms with van der Waals surface area (Å²) >= 11 is 3.41. The van der Waals surface area contributed by atoms with E-state index in [0.29, 0.717) is 11.8 Å². The Morgan fingerprint density at radius 3 is 2.89 bits per heavy atom. The number of aromatic nitrogens is 2. The predicted molar refractivity (Wildman–Crippen MR) is 75.6 cm³/mol. The first-order valence-corrected chi connectivity index (χ1v) is 6.13. The molecule has 0 saturated heterocycles. The highest BCUT2D eigenvalue weighted by Gasteiger charge is 2.05. The van der Waals surface area contributed by atoms with Gasteiger partial charge < -0.3 is 15.4 Å². The molecule has 0 atom stereocenters. The van der Waals surface area contributed by atoms with E-state index in [-0.39, 0.29) is 0 Å². The van der Waals surface area contributed by atoms with Crippen LogP contribution >= 0.6 is 15.9 Å². The number of nitrogens with zero attached hydrogens (tertiary/aromatic N) is 2. The number of hydrogen-bond acceptors (Lipinski definition) is 5. The van der Waals surface area contributed by atoms with Gasteiger partial charge in [0.25, 0.3) is 0 Å². The zero-order chi connectivity index (χ0) is 13.0. The lowest BCUT2D eigenvalue weighted by Gasteiger charge is -2.09. The number of benzene rings is 1. The summed E-state index contributed by atoms with van der Waals surface area (Å²) in [6.45, 7) is 0. The number of halogens is 1. The first kappa shape index (κ1) is 12.6. The van der Waals surface area contributed by atoms with Crippen molar-refractivity contribution in [3.8, 4) is 5.75 Å². The Labute approximate surface area is 114 Å². The summed E-state index contributed by atoms with van der Waals surface area (Å²) in [5.41, 5.74) is 0.899. The number of methoxy groups -OCH3 is 1. The zero-order valence-electron chi connectivity index (χ0n) is 10.1. The Bertz CT molecular complexity index is 547. The Kier molecular flexibility index (Phi) is 3.99. The monoisotopic (exact) mass is 308 g/mol. The fourth-order valence-electron chi connectivity index (χ4n) is 1.41. The van der Waals surface area contributed by atoms with Gasteiger partial charge in [0.15, 0.2) is 0 Å². The second-order valence-corrected chi connectivity index (χ2v) is 4.35. The van der Waals surface area contributed by atoms with Crippen LogP contribution in [0.3, 0.4) is 0 Å². The van der Waals surface area contributed by atoms with Crippen LogP contribution in [-0.4, -0.2) is 24.1 Å². The van der Waals surface area contributed by atoms with Gasteiger partial charge in [0, 0.05) is 25.0 Å². The zero-order valence-corrected chi connectivity index (χ0v) is 11.7. The smallest absolute Gasteiger partial charge is 0.224 e. The van der Waals surface area contributed by atoms with E-state index in [2.05, 4.69) is 36.5 Å². The standard InChI is InChI=1S/C12H13BrN4O/c1-14-12-15-7-10(13)11(17-12)16-8-4-3-5-9(6-8)18-2/h3-7H,1-2H3,(H2,14,15,16,17). The molecule has 0 radical (unpaired) electrons. The van der Waals surface area contributed by atoms with E-state index in [1.807, 2.05) is 24.3 Å². The molecule has 0 saturated carbocycles. The number of anilines is 3. The van der Waals surface area contributed by atoms with E-state index in [4.69, 9.17) is 4.74 Å². The van der Waals surface area contributed by atoms with Gasteiger partial charge in [0.05, 0.1) is 11.6 Å². The molecule has 2 rings (SSSR count). The Balaban J connectivity index is 2.27. The van der Waals surface area contributed by atoms with Crippen LogP contribution in [0.5, 0.6) is 5.75 Å². The summed E-state index contributed by atoms with van der Waals surface area (Å²) in [6, 6.07) is 7.64. The van der Waals surface area contributed by atoms with Gasteiger partial charge in [0.2, 0.25) is 5.95 Å². The third kappa shape index (κ3) is 2.89. The molecule has 0 amide bonds. The minimum Gasteiger partial charge on any atom is -0.497 e. The van der Waals surface area contributed by atoms with Gasteiger partial charge in [-0.05, 0) is 28.1 Å². The lowest BCUT2D eigenvalue weighted by atomic mass is 10.3. The summed E-state index contributed by atoms with van der Waals surface area (Å²) in [6.07, 6.45) is 1.70. The van der Waals surface area contributed by atoms with Crippen molar-refractivity contribution in [1.29, 1.82) is 0 Å². The van der Waals surface area contributed by atoms with Crippen molar-refractivity contribution in [2.24, 2.45) is 0 Å². The molecule has 0 aliphatic carbocycles. The van der Waals surface area contributed by atoms with Crippen molar-refractivity contribution in [1.82, 2.24) is 9.97 Å². The fraction of sp³-hybridized carbons (Fsp3) is 0.167. The average Bonchev–Trinajstić information content (AvgIpc) is 2.41. The van der Waals surface area contributed by atoms with E-state index in [1.54, 1.807) is 20.4 Å². The lowest BCUT2D eigenvalue weighted by Crippen LogP contribution is -2.01. The SMILES string of the molecule is CNc1ncc(Br)c(Nc2cccc(OC)c2)n1. The summed E-state index contributed by atoms with van der Waals surface area (Å²) in [5.74, 6) is 2.05. The van der Waals surface area contributed by atoms with Gasteiger partial charge in [-0.25, -0.2) is 4.98 Å². The molecule has 0 bridgehead atoms. The van der Waals surface area contributed by atoms with E-state index in [9.17, 15) is 0 Å². The van der Waals surface area contributed by atoms with Crippen molar-refractivity contribution in [3.63, 3.8) is 0 Å². The maximum atomic E-state index is 5.17. The molecule has 18 heavy (non-hydrogen) atoms. The number of hydrogen-bond donors (Lipinski definition) is 2. The molecule has 0 aliphatic heterocycles. The molecular weight excluding hydrogens is 296 g/mol. The second-order valence-electron chi connectivity index (χ2n) is 3.50. The first-order valence-electron chi connectivity index (χ1n) is 5.34. The minimum absolute atomic E-state index is 0.559. The van der Waals surface area contributed by atoms with E-state index >= 15 is 0 Å². The third-order valence-electron chi connectivity index (χ3n) is 2.30. The molecule has 0 aliphatic rings. The highest BCUT2D eigenvalue weighted by atomic mass is 79.9. The van der Waals surface area contributed by atoms with Crippen LogP contribution in [0.2, 0.25) is 0 Å². The quantitative estimate of drug-likeness (QED) is 0.909. The Hall–Kier alpha value is -1.82. The molecule has 6 heteroatoms. The first-order chi connectivity index (χ1) is 8.72. The number of rotatable bonds is 4. The number of nitrogens with one attached hydrogen (secondary N) is 2. The maximum absolute atomic E-state index is 5.17. The summed E-state index contributed by atoms with van der Waals surface area (Å²) in [7, 11) is 3.41. The van der Waals surface area contributed by atoms with E-state index < -0.39 is 0 Å². The van der Waals surface area contributed by atoms with Crippen LogP contribution in [0.1, 0.15) is 0 Å². The normalized spacial score (nSPS) is 9.94. The highest BCUT2D eigenvalue weighted by Crippen LogP contribution is 2.25. The maximum Gasteiger partial charge on any atom is 0.224 e. The summed E-state index contributed by atoms with van der Waals surface area (Å²) < 4.78 is 5.97. The van der Waals surface area contributed by atoms with Crippen molar-refractivity contribution in [3.05, 3.63) is 34.9 Å². The van der Waals surface area contributed by atoms with E-state index in [1.165, 1.54) is 0 Å². The van der Waals surface area contributed by atoms with Gasteiger partial charge >= 0.3 is 0 Å². The van der Waals surface area contributed by atoms with Crippen molar-refractivity contribution >= 4 is 33.4 Å². The Morgan fingerprint density at radius 2 is 2.17 bits per heavy atom. The van der Waals surface area contributed by atoms with Crippen molar-refractivity contribution in [2.75, 3.05) is 24.8 Å². The molecule has 5 nitrogen and oxygen atoms in total. The van der Waals surface area contributed by atoms with Crippen LogP contribution in [0.25, 0.3) is 0 Å². The largest absolute Gasteiger partial charge is 0.497 e. The Morgan fingerprint density at radius 1 is 1.33 bits per heavy atom. The molecule has 0 spiro atoms. The molecule has 1 aromatic heterocycles. The molecule has 0 fully saturated rings. The molecule has 2 N–H and O–H groups in total. The van der Waals surface area contributed by atoms with Crippen molar-refractivity contribution < 1.29 is 4.74 Å². The molecular formula is C12H13BrN4O. The van der Waals surface area contributed by atoms with Gasteiger partial charge in [-0.1, -0.05) is 6.07 Å².